The molecule has 3 rings (SSSR count). The molecule has 2 heterocycles. The second-order valence-electron chi connectivity index (χ2n) is 5.99. The number of aliphatic hydroxyl groups is 2. The molecule has 1 saturated carbocycles. The van der Waals surface area contributed by atoms with Gasteiger partial charge in [-0.25, -0.2) is 0 Å². The average molecular weight is 352 g/mol. The van der Waals surface area contributed by atoms with Crippen molar-refractivity contribution < 1.29 is 14.9 Å². The number of hydrogen-bond donors (Lipinski definition) is 4. The summed E-state index contributed by atoms with van der Waals surface area (Å²) >= 11 is 1.50. The lowest BCUT2D eigenvalue weighted by Gasteiger charge is -2.38. The van der Waals surface area contributed by atoms with E-state index in [9.17, 15) is 10.2 Å². The van der Waals surface area contributed by atoms with Crippen LogP contribution in [0.25, 0.3) is 0 Å². The molecule has 8 heteroatoms. The second-order valence-corrected chi connectivity index (χ2v) is 7.07. The van der Waals surface area contributed by atoms with Gasteiger partial charge in [-0.3, -0.25) is 4.99 Å². The minimum Gasteiger partial charge on any atom is -0.388 e. The summed E-state index contributed by atoms with van der Waals surface area (Å²) in [4.78, 5) is 4.42. The Morgan fingerprint density at radius 2 is 2.00 bits per heavy atom. The Labute approximate surface area is 141 Å². The van der Waals surface area contributed by atoms with E-state index in [4.69, 9.17) is 4.74 Å². The molecule has 0 aromatic carbocycles. The van der Waals surface area contributed by atoms with Crippen LogP contribution in [0.5, 0.6) is 0 Å². The predicted molar refractivity (Wildman–Crippen MR) is 90.7 cm³/mol. The van der Waals surface area contributed by atoms with Gasteiger partial charge in [0.1, 0.15) is 29.8 Å². The summed E-state index contributed by atoms with van der Waals surface area (Å²) in [6, 6.07) is 0.155. The number of aliphatic imine (C=N–C) groups is 1. The number of fused-ring (bicyclic) bond motifs is 1. The van der Waals surface area contributed by atoms with Crippen LogP contribution >= 0.6 is 24.2 Å². The molecule has 128 valence electrons. The lowest BCUT2D eigenvalue weighted by molar-refractivity contribution is -0.151. The van der Waals surface area contributed by atoms with Crippen LogP contribution in [0, 0.1) is 0 Å². The van der Waals surface area contributed by atoms with Crippen LogP contribution in [0.1, 0.15) is 32.6 Å². The van der Waals surface area contributed by atoms with E-state index >= 15 is 0 Å². The molecule has 2 aliphatic heterocycles. The van der Waals surface area contributed by atoms with Crippen LogP contribution in [0.4, 0.5) is 0 Å². The summed E-state index contributed by atoms with van der Waals surface area (Å²) in [5, 5.41) is 28.0. The van der Waals surface area contributed by atoms with E-state index in [0.717, 1.165) is 11.7 Å². The third-order valence-electron chi connectivity index (χ3n) is 4.45. The van der Waals surface area contributed by atoms with Crippen molar-refractivity contribution in [3.8, 4) is 0 Å². The molecular weight excluding hydrogens is 326 g/mol. The summed E-state index contributed by atoms with van der Waals surface area (Å²) in [5.74, 6) is 0. The van der Waals surface area contributed by atoms with Crippen molar-refractivity contribution in [2.45, 2.75) is 68.4 Å². The molecule has 3 aliphatic rings. The number of nitrogens with one attached hydrogen (secondary N) is 2. The minimum atomic E-state index is -0.884. The minimum absolute atomic E-state index is 0. The Kier molecular flexibility index (Phi) is 6.79. The number of thioether (sulfide) groups is 1. The first-order chi connectivity index (χ1) is 10.2. The van der Waals surface area contributed by atoms with Gasteiger partial charge in [0.2, 0.25) is 0 Å². The van der Waals surface area contributed by atoms with Crippen molar-refractivity contribution in [3.63, 3.8) is 0 Å². The summed E-state index contributed by atoms with van der Waals surface area (Å²) in [7, 11) is 0. The lowest BCUT2D eigenvalue weighted by atomic mass is 9.98. The SMILES string of the molecule is CCNC1=N[C@@H]2[C@@H](O)[C@H](O)[C@@H](CNC3CCCC3)O[C@@H]2S1.Cl. The molecule has 0 radical (unpaired) electrons. The van der Waals surface area contributed by atoms with Crippen molar-refractivity contribution in [2.75, 3.05) is 13.1 Å². The molecule has 1 aliphatic carbocycles. The highest BCUT2D eigenvalue weighted by Crippen LogP contribution is 2.35. The molecule has 0 bridgehead atoms. The molecule has 1 saturated heterocycles. The van der Waals surface area contributed by atoms with Crippen molar-refractivity contribution in [1.29, 1.82) is 0 Å². The molecule has 22 heavy (non-hydrogen) atoms. The Balaban J connectivity index is 0.00000176. The van der Waals surface area contributed by atoms with Crippen LogP contribution in [0.3, 0.4) is 0 Å². The van der Waals surface area contributed by atoms with Crippen LogP contribution < -0.4 is 10.6 Å². The van der Waals surface area contributed by atoms with Crippen LogP contribution in [0.2, 0.25) is 0 Å². The zero-order chi connectivity index (χ0) is 14.8. The smallest absolute Gasteiger partial charge is 0.159 e. The maximum Gasteiger partial charge on any atom is 0.159 e. The first-order valence-corrected chi connectivity index (χ1v) is 8.80. The summed E-state index contributed by atoms with van der Waals surface area (Å²) < 4.78 is 5.97. The largest absolute Gasteiger partial charge is 0.388 e. The van der Waals surface area contributed by atoms with Crippen molar-refractivity contribution in [2.24, 2.45) is 4.99 Å². The van der Waals surface area contributed by atoms with Gasteiger partial charge in [-0.1, -0.05) is 24.6 Å². The molecule has 0 spiro atoms. The zero-order valence-electron chi connectivity index (χ0n) is 12.8. The Bertz CT molecular complexity index is 396. The number of nitrogens with zero attached hydrogens (tertiary/aromatic N) is 1. The summed E-state index contributed by atoms with van der Waals surface area (Å²) in [6.45, 7) is 3.38. The molecule has 2 fully saturated rings. The molecule has 0 aromatic rings. The Hall–Kier alpha value is -0.0500. The number of amidine groups is 1. The molecule has 0 aromatic heterocycles. The maximum absolute atomic E-state index is 10.3. The first-order valence-electron chi connectivity index (χ1n) is 7.92. The summed E-state index contributed by atoms with van der Waals surface area (Å²) in [6.07, 6.45) is 2.82. The first kappa shape index (κ1) is 18.3. The molecule has 0 amide bonds. The van der Waals surface area contributed by atoms with E-state index in [0.29, 0.717) is 12.6 Å². The van der Waals surface area contributed by atoms with Gasteiger partial charge < -0.3 is 25.6 Å². The maximum atomic E-state index is 10.3. The Morgan fingerprint density at radius 3 is 2.68 bits per heavy atom. The highest BCUT2D eigenvalue weighted by Gasteiger charge is 2.48. The number of aliphatic hydroxyl groups excluding tert-OH is 2. The third kappa shape index (κ3) is 3.88. The van der Waals surface area contributed by atoms with E-state index in [1.54, 1.807) is 0 Å². The normalized spacial score (nSPS) is 38.3. The number of rotatable bonds is 4. The van der Waals surface area contributed by atoms with Gasteiger partial charge in [0, 0.05) is 19.1 Å². The number of hydrogen-bond acceptors (Lipinski definition) is 7. The van der Waals surface area contributed by atoms with Crippen molar-refractivity contribution in [3.05, 3.63) is 0 Å². The standard InChI is InChI=1S/C14H25N3O3S.ClH/c1-2-15-14-17-10-12(19)11(18)9(20-13(10)21-14)7-16-8-5-3-4-6-8;/h8-13,16,18-19H,2-7H2,1H3,(H,15,17);1H/t9-,10-,11-,12-,13-;/m1./s1. The van der Waals surface area contributed by atoms with Gasteiger partial charge >= 0.3 is 0 Å². The highest BCUT2D eigenvalue weighted by atomic mass is 35.5. The van der Waals surface area contributed by atoms with Crippen LogP contribution in [0.15, 0.2) is 4.99 Å². The van der Waals surface area contributed by atoms with E-state index in [1.807, 2.05) is 6.92 Å². The Morgan fingerprint density at radius 1 is 1.27 bits per heavy atom. The van der Waals surface area contributed by atoms with Gasteiger partial charge in [-0.2, -0.15) is 0 Å². The summed E-state index contributed by atoms with van der Waals surface area (Å²) in [5.41, 5.74) is -0.201. The van der Waals surface area contributed by atoms with E-state index in [1.165, 1.54) is 37.4 Å². The van der Waals surface area contributed by atoms with Crippen molar-refractivity contribution in [1.82, 2.24) is 10.6 Å². The van der Waals surface area contributed by atoms with Gasteiger partial charge in [0.25, 0.3) is 0 Å². The van der Waals surface area contributed by atoms with E-state index in [-0.39, 0.29) is 30.0 Å². The lowest BCUT2D eigenvalue weighted by Crippen LogP contribution is -2.57. The monoisotopic (exact) mass is 351 g/mol. The molecule has 5 atom stereocenters. The van der Waals surface area contributed by atoms with Crippen molar-refractivity contribution >= 4 is 29.3 Å². The van der Waals surface area contributed by atoms with Crippen LogP contribution in [-0.4, -0.2) is 64.3 Å². The fraction of sp³-hybridized carbons (Fsp3) is 0.929. The molecule has 0 unspecified atom stereocenters. The average Bonchev–Trinajstić information content (AvgIpc) is 3.11. The molecule has 6 nitrogen and oxygen atoms in total. The van der Waals surface area contributed by atoms with Gasteiger partial charge in [0.15, 0.2) is 5.17 Å². The predicted octanol–water partition coefficient (Wildman–Crippen LogP) is 0.468. The van der Waals surface area contributed by atoms with Gasteiger partial charge in [-0.05, 0) is 19.8 Å². The highest BCUT2D eigenvalue weighted by molar-refractivity contribution is 8.14. The number of halogens is 1. The second kappa shape index (κ2) is 8.17. The fourth-order valence-electron chi connectivity index (χ4n) is 3.25. The molecular formula is C14H26ClN3O3S. The fourth-order valence-corrected chi connectivity index (χ4v) is 4.44. The third-order valence-corrected chi connectivity index (χ3v) is 5.55. The van der Waals surface area contributed by atoms with Crippen LogP contribution in [-0.2, 0) is 4.74 Å². The van der Waals surface area contributed by atoms with E-state index in [2.05, 4.69) is 15.6 Å². The van der Waals surface area contributed by atoms with E-state index < -0.39 is 12.2 Å². The topological polar surface area (TPSA) is 86.1 Å². The zero-order valence-corrected chi connectivity index (χ0v) is 14.4. The van der Waals surface area contributed by atoms with Gasteiger partial charge in [-0.15, -0.1) is 12.4 Å². The number of ether oxygens (including phenoxy) is 1. The van der Waals surface area contributed by atoms with Gasteiger partial charge in [0.05, 0.1) is 0 Å². The quantitative estimate of drug-likeness (QED) is 0.589. The molecule has 4 N–H and O–H groups in total.